The van der Waals surface area contributed by atoms with E-state index in [0.717, 1.165) is 28.8 Å². The highest BCUT2D eigenvalue weighted by atomic mass is 127. The predicted molar refractivity (Wildman–Crippen MR) is 115 cm³/mol. The lowest BCUT2D eigenvalue weighted by molar-refractivity contribution is -0.147. The standard InChI is InChI=1S/C19H27N3O3.HI/c1-5-20-19(21-11-10-18(23)24-13(2)3)22-12-17-14(4)15-8-6-7-9-16(15)25-17;/h6-9,13H,5,10-12H2,1-4H3,(H2,20,21,22);1H. The molecule has 0 saturated carbocycles. The molecule has 2 aromatic rings. The van der Waals surface area contributed by atoms with Gasteiger partial charge in [0.2, 0.25) is 0 Å². The number of aryl methyl sites for hydroxylation is 1. The van der Waals surface area contributed by atoms with Crippen molar-refractivity contribution in [2.24, 2.45) is 4.99 Å². The molecule has 0 atom stereocenters. The number of nitrogens with zero attached hydrogens (tertiary/aromatic N) is 1. The van der Waals surface area contributed by atoms with Gasteiger partial charge in [0.1, 0.15) is 17.9 Å². The lowest BCUT2D eigenvalue weighted by atomic mass is 10.1. The number of furan rings is 1. The summed E-state index contributed by atoms with van der Waals surface area (Å²) in [6.07, 6.45) is 0.206. The van der Waals surface area contributed by atoms with Crippen LogP contribution in [-0.4, -0.2) is 31.1 Å². The average molecular weight is 473 g/mol. The predicted octanol–water partition coefficient (Wildman–Crippen LogP) is 3.76. The van der Waals surface area contributed by atoms with Crippen molar-refractivity contribution >= 4 is 46.9 Å². The highest BCUT2D eigenvalue weighted by Gasteiger charge is 2.10. The smallest absolute Gasteiger partial charge is 0.307 e. The van der Waals surface area contributed by atoms with E-state index >= 15 is 0 Å². The summed E-state index contributed by atoms with van der Waals surface area (Å²) < 4.78 is 11.0. The molecule has 2 rings (SSSR count). The number of rotatable bonds is 7. The molecule has 0 aliphatic carbocycles. The molecule has 0 radical (unpaired) electrons. The highest BCUT2D eigenvalue weighted by molar-refractivity contribution is 14.0. The monoisotopic (exact) mass is 473 g/mol. The second kappa shape index (κ2) is 11.1. The maximum absolute atomic E-state index is 11.6. The summed E-state index contributed by atoms with van der Waals surface area (Å²) in [7, 11) is 0. The molecule has 1 aromatic carbocycles. The van der Waals surface area contributed by atoms with Crippen molar-refractivity contribution in [3.63, 3.8) is 0 Å². The zero-order valence-corrected chi connectivity index (χ0v) is 18.1. The fourth-order valence-electron chi connectivity index (χ4n) is 2.47. The van der Waals surface area contributed by atoms with Gasteiger partial charge >= 0.3 is 5.97 Å². The first-order valence-electron chi connectivity index (χ1n) is 8.70. The van der Waals surface area contributed by atoms with E-state index < -0.39 is 0 Å². The van der Waals surface area contributed by atoms with Gasteiger partial charge < -0.3 is 19.8 Å². The second-order valence-corrected chi connectivity index (χ2v) is 6.06. The quantitative estimate of drug-likeness (QED) is 0.277. The van der Waals surface area contributed by atoms with Gasteiger partial charge in [-0.1, -0.05) is 18.2 Å². The van der Waals surface area contributed by atoms with E-state index in [4.69, 9.17) is 9.15 Å². The topological polar surface area (TPSA) is 75.9 Å². The van der Waals surface area contributed by atoms with E-state index in [2.05, 4.69) is 15.6 Å². The largest absolute Gasteiger partial charge is 0.463 e. The Morgan fingerprint density at radius 1 is 1.27 bits per heavy atom. The van der Waals surface area contributed by atoms with Gasteiger partial charge in [0.15, 0.2) is 5.96 Å². The SMILES string of the molecule is CCNC(=NCc1oc2ccccc2c1C)NCCC(=O)OC(C)C.I. The van der Waals surface area contributed by atoms with E-state index in [1.807, 2.05) is 52.0 Å². The third kappa shape index (κ3) is 6.51. The molecule has 6 nitrogen and oxygen atoms in total. The van der Waals surface area contributed by atoms with E-state index in [1.54, 1.807) is 0 Å². The molecule has 0 aliphatic heterocycles. The molecule has 7 heteroatoms. The summed E-state index contributed by atoms with van der Waals surface area (Å²) in [5, 5.41) is 7.42. The molecule has 1 aromatic heterocycles. The van der Waals surface area contributed by atoms with Gasteiger partial charge in [-0.25, -0.2) is 4.99 Å². The molecule has 0 fully saturated rings. The fraction of sp³-hybridized carbons (Fsp3) is 0.474. The fourth-order valence-corrected chi connectivity index (χ4v) is 2.47. The number of fused-ring (bicyclic) bond motifs is 1. The van der Waals surface area contributed by atoms with Gasteiger partial charge in [-0.05, 0) is 33.8 Å². The Kier molecular flexibility index (Phi) is 9.47. The molecule has 0 bridgehead atoms. The third-order valence-corrected chi connectivity index (χ3v) is 3.66. The summed E-state index contributed by atoms with van der Waals surface area (Å²) in [5.74, 6) is 1.28. The summed E-state index contributed by atoms with van der Waals surface area (Å²) in [4.78, 5) is 16.1. The summed E-state index contributed by atoms with van der Waals surface area (Å²) in [6, 6.07) is 7.96. The van der Waals surface area contributed by atoms with E-state index in [-0.39, 0.29) is 36.0 Å². The van der Waals surface area contributed by atoms with Crippen molar-refractivity contribution in [1.29, 1.82) is 0 Å². The first-order valence-corrected chi connectivity index (χ1v) is 8.70. The zero-order valence-electron chi connectivity index (χ0n) is 15.8. The van der Waals surface area contributed by atoms with Gasteiger partial charge in [0.25, 0.3) is 0 Å². The van der Waals surface area contributed by atoms with Gasteiger partial charge in [-0.2, -0.15) is 0 Å². The highest BCUT2D eigenvalue weighted by Crippen LogP contribution is 2.25. The summed E-state index contributed by atoms with van der Waals surface area (Å²) in [6.45, 7) is 9.36. The number of halogens is 1. The Bertz CT molecular complexity index is 741. The Morgan fingerprint density at radius 2 is 2.00 bits per heavy atom. The van der Waals surface area contributed by atoms with Crippen LogP contribution in [0.15, 0.2) is 33.7 Å². The van der Waals surface area contributed by atoms with E-state index in [9.17, 15) is 4.79 Å². The van der Waals surface area contributed by atoms with Gasteiger partial charge in [-0.15, -0.1) is 24.0 Å². The Labute approximate surface area is 171 Å². The van der Waals surface area contributed by atoms with Crippen molar-refractivity contribution in [2.75, 3.05) is 13.1 Å². The minimum atomic E-state index is -0.216. The van der Waals surface area contributed by atoms with Crippen molar-refractivity contribution in [3.8, 4) is 0 Å². The van der Waals surface area contributed by atoms with E-state index in [1.165, 1.54) is 0 Å². The van der Waals surface area contributed by atoms with Crippen LogP contribution in [0.1, 0.15) is 38.5 Å². The minimum absolute atomic E-state index is 0. The van der Waals surface area contributed by atoms with Crippen LogP contribution in [-0.2, 0) is 16.1 Å². The second-order valence-electron chi connectivity index (χ2n) is 6.06. The lowest BCUT2D eigenvalue weighted by Gasteiger charge is -2.12. The van der Waals surface area contributed by atoms with Crippen molar-refractivity contribution < 1.29 is 13.9 Å². The molecular formula is C19H28IN3O3. The molecule has 0 spiro atoms. The molecule has 26 heavy (non-hydrogen) atoms. The maximum atomic E-state index is 11.6. The number of nitrogens with one attached hydrogen (secondary N) is 2. The van der Waals surface area contributed by atoms with Crippen LogP contribution < -0.4 is 10.6 Å². The molecule has 2 N–H and O–H groups in total. The van der Waals surface area contributed by atoms with Crippen LogP contribution in [0.5, 0.6) is 0 Å². The third-order valence-electron chi connectivity index (χ3n) is 3.66. The number of esters is 1. The van der Waals surface area contributed by atoms with Crippen LogP contribution in [0.2, 0.25) is 0 Å². The normalized spacial score (nSPS) is 11.3. The van der Waals surface area contributed by atoms with Crippen LogP contribution in [0.3, 0.4) is 0 Å². The summed E-state index contributed by atoms with van der Waals surface area (Å²) >= 11 is 0. The molecule has 0 unspecified atom stereocenters. The molecule has 1 heterocycles. The zero-order chi connectivity index (χ0) is 18.2. The number of ether oxygens (including phenoxy) is 1. The van der Waals surface area contributed by atoms with Crippen molar-refractivity contribution in [1.82, 2.24) is 10.6 Å². The number of carbonyl (C=O) groups is 1. The van der Waals surface area contributed by atoms with Crippen LogP contribution >= 0.6 is 24.0 Å². The summed E-state index contributed by atoms with van der Waals surface area (Å²) in [5.41, 5.74) is 1.98. The van der Waals surface area contributed by atoms with Crippen molar-refractivity contribution in [2.45, 2.75) is 46.8 Å². The molecule has 0 aliphatic rings. The Hall–Kier alpha value is -1.77. The molecule has 144 valence electrons. The first kappa shape index (κ1) is 22.3. The van der Waals surface area contributed by atoms with Crippen LogP contribution in [0, 0.1) is 6.92 Å². The van der Waals surface area contributed by atoms with Gasteiger partial charge in [0, 0.05) is 24.0 Å². The number of benzene rings is 1. The number of aliphatic imine (C=N–C) groups is 1. The number of carbonyl (C=O) groups excluding carboxylic acids is 1. The minimum Gasteiger partial charge on any atom is -0.463 e. The molecule has 0 saturated heterocycles. The molecule has 0 amide bonds. The lowest BCUT2D eigenvalue weighted by Crippen LogP contribution is -2.38. The maximum Gasteiger partial charge on any atom is 0.307 e. The van der Waals surface area contributed by atoms with Gasteiger partial charge in [-0.3, -0.25) is 4.79 Å². The Morgan fingerprint density at radius 3 is 2.65 bits per heavy atom. The average Bonchev–Trinajstić information content (AvgIpc) is 2.88. The van der Waals surface area contributed by atoms with Gasteiger partial charge in [0.05, 0.1) is 12.5 Å². The number of guanidine groups is 1. The molecular weight excluding hydrogens is 445 g/mol. The Balaban J connectivity index is 0.00000338. The number of hydrogen-bond donors (Lipinski definition) is 2. The number of para-hydroxylation sites is 1. The van der Waals surface area contributed by atoms with Crippen LogP contribution in [0.25, 0.3) is 11.0 Å². The van der Waals surface area contributed by atoms with Crippen molar-refractivity contribution in [3.05, 3.63) is 35.6 Å². The van der Waals surface area contributed by atoms with E-state index in [0.29, 0.717) is 25.5 Å². The number of hydrogen-bond acceptors (Lipinski definition) is 4. The van der Waals surface area contributed by atoms with Crippen LogP contribution in [0.4, 0.5) is 0 Å². The first-order chi connectivity index (χ1) is 12.0.